The number of nitrogens with zero attached hydrogens (tertiary/aromatic N) is 1. The SMILES string of the molecule is Cc1ccc(S(=O)(=O)N2CCC(C(=O)OCC(=O)NC(=O)c3ccccc3)CC2)cc1. The summed E-state index contributed by atoms with van der Waals surface area (Å²) >= 11 is 0. The number of hydrogen-bond donors (Lipinski definition) is 1. The molecule has 1 heterocycles. The molecule has 8 nitrogen and oxygen atoms in total. The van der Waals surface area contributed by atoms with Crippen LogP contribution in [0.2, 0.25) is 0 Å². The Kier molecular flexibility index (Phi) is 7.19. The van der Waals surface area contributed by atoms with E-state index in [1.807, 2.05) is 6.92 Å². The second-order valence-electron chi connectivity index (χ2n) is 7.34. The molecule has 31 heavy (non-hydrogen) atoms. The normalized spacial score (nSPS) is 15.3. The average molecular weight is 445 g/mol. The molecule has 0 spiro atoms. The van der Waals surface area contributed by atoms with Crippen molar-refractivity contribution in [2.75, 3.05) is 19.7 Å². The molecule has 0 aliphatic carbocycles. The number of imide groups is 1. The van der Waals surface area contributed by atoms with Crippen LogP contribution in [0.1, 0.15) is 28.8 Å². The maximum absolute atomic E-state index is 12.7. The highest BCUT2D eigenvalue weighted by Gasteiger charge is 2.33. The zero-order valence-electron chi connectivity index (χ0n) is 17.1. The minimum Gasteiger partial charge on any atom is -0.455 e. The fourth-order valence-electron chi connectivity index (χ4n) is 3.27. The molecule has 0 aromatic heterocycles. The monoisotopic (exact) mass is 444 g/mol. The van der Waals surface area contributed by atoms with Crippen molar-refractivity contribution < 1.29 is 27.5 Å². The van der Waals surface area contributed by atoms with Gasteiger partial charge in [-0.25, -0.2) is 8.42 Å². The molecule has 0 radical (unpaired) electrons. The third-order valence-corrected chi connectivity index (χ3v) is 6.99. The molecule has 3 rings (SSSR count). The molecular weight excluding hydrogens is 420 g/mol. The Bertz CT molecular complexity index is 1040. The molecule has 2 aromatic carbocycles. The van der Waals surface area contributed by atoms with Gasteiger partial charge in [0, 0.05) is 18.7 Å². The minimum atomic E-state index is -3.61. The first kappa shape index (κ1) is 22.6. The van der Waals surface area contributed by atoms with E-state index >= 15 is 0 Å². The van der Waals surface area contributed by atoms with Crippen LogP contribution in [0.5, 0.6) is 0 Å². The smallest absolute Gasteiger partial charge is 0.309 e. The zero-order valence-corrected chi connectivity index (χ0v) is 17.9. The number of ether oxygens (including phenoxy) is 1. The Morgan fingerprint density at radius 2 is 1.61 bits per heavy atom. The van der Waals surface area contributed by atoms with Crippen LogP contribution < -0.4 is 5.32 Å². The van der Waals surface area contributed by atoms with E-state index in [0.29, 0.717) is 18.4 Å². The lowest BCUT2D eigenvalue weighted by Gasteiger charge is -2.30. The molecule has 2 amide bonds. The number of sulfonamides is 1. The molecule has 1 aliphatic heterocycles. The van der Waals surface area contributed by atoms with Crippen LogP contribution in [0.25, 0.3) is 0 Å². The summed E-state index contributed by atoms with van der Waals surface area (Å²) in [5.41, 5.74) is 1.29. The Morgan fingerprint density at radius 1 is 1.00 bits per heavy atom. The Hall–Kier alpha value is -3.04. The summed E-state index contributed by atoms with van der Waals surface area (Å²) in [6, 6.07) is 14.8. The number of nitrogens with one attached hydrogen (secondary N) is 1. The van der Waals surface area contributed by atoms with E-state index in [0.717, 1.165) is 5.56 Å². The lowest BCUT2D eigenvalue weighted by atomic mass is 9.98. The van der Waals surface area contributed by atoms with Crippen LogP contribution >= 0.6 is 0 Å². The Balaban J connectivity index is 1.46. The third kappa shape index (κ3) is 5.77. The van der Waals surface area contributed by atoms with Crippen LogP contribution in [-0.2, 0) is 24.3 Å². The van der Waals surface area contributed by atoms with Gasteiger partial charge in [-0.1, -0.05) is 35.9 Å². The summed E-state index contributed by atoms with van der Waals surface area (Å²) in [6.45, 7) is 1.69. The van der Waals surface area contributed by atoms with Crippen LogP contribution in [0.4, 0.5) is 0 Å². The lowest BCUT2D eigenvalue weighted by Crippen LogP contribution is -2.41. The van der Waals surface area contributed by atoms with E-state index in [9.17, 15) is 22.8 Å². The van der Waals surface area contributed by atoms with Crippen LogP contribution in [-0.4, -0.2) is 50.2 Å². The van der Waals surface area contributed by atoms with Gasteiger partial charge in [0.25, 0.3) is 11.8 Å². The zero-order chi connectivity index (χ0) is 22.4. The molecule has 0 atom stereocenters. The minimum absolute atomic E-state index is 0.189. The number of esters is 1. The highest BCUT2D eigenvalue weighted by Crippen LogP contribution is 2.24. The van der Waals surface area contributed by atoms with Crippen molar-refractivity contribution >= 4 is 27.8 Å². The van der Waals surface area contributed by atoms with Crippen molar-refractivity contribution in [3.63, 3.8) is 0 Å². The lowest BCUT2D eigenvalue weighted by molar-refractivity contribution is -0.153. The topological polar surface area (TPSA) is 110 Å². The van der Waals surface area contributed by atoms with Gasteiger partial charge < -0.3 is 4.74 Å². The summed E-state index contributed by atoms with van der Waals surface area (Å²) in [4.78, 5) is 36.3. The number of aryl methyl sites for hydroxylation is 1. The van der Waals surface area contributed by atoms with Crippen LogP contribution in [0.3, 0.4) is 0 Å². The van der Waals surface area contributed by atoms with Gasteiger partial charge in [0.2, 0.25) is 10.0 Å². The van der Waals surface area contributed by atoms with Crippen molar-refractivity contribution in [2.24, 2.45) is 5.92 Å². The van der Waals surface area contributed by atoms with Crippen molar-refractivity contribution in [1.82, 2.24) is 9.62 Å². The van der Waals surface area contributed by atoms with Gasteiger partial charge in [-0.2, -0.15) is 4.31 Å². The van der Waals surface area contributed by atoms with E-state index in [1.54, 1.807) is 54.6 Å². The first-order chi connectivity index (χ1) is 14.8. The number of hydrogen-bond acceptors (Lipinski definition) is 6. The average Bonchev–Trinajstić information content (AvgIpc) is 2.78. The van der Waals surface area contributed by atoms with Gasteiger partial charge in [-0.3, -0.25) is 19.7 Å². The first-order valence-electron chi connectivity index (χ1n) is 9.90. The molecule has 1 fully saturated rings. The summed E-state index contributed by atoms with van der Waals surface area (Å²) in [6.07, 6.45) is 0.600. The number of piperidine rings is 1. The van der Waals surface area contributed by atoms with Gasteiger partial charge in [0.1, 0.15) is 0 Å². The number of amides is 2. The van der Waals surface area contributed by atoms with E-state index in [4.69, 9.17) is 4.74 Å². The maximum atomic E-state index is 12.7. The number of benzene rings is 2. The maximum Gasteiger partial charge on any atom is 0.309 e. The third-order valence-electron chi connectivity index (χ3n) is 5.08. The first-order valence-corrected chi connectivity index (χ1v) is 11.3. The molecule has 1 N–H and O–H groups in total. The van der Waals surface area contributed by atoms with Gasteiger partial charge in [0.05, 0.1) is 10.8 Å². The number of rotatable bonds is 6. The van der Waals surface area contributed by atoms with Gasteiger partial charge in [0.15, 0.2) is 6.61 Å². The quantitative estimate of drug-likeness (QED) is 0.682. The largest absolute Gasteiger partial charge is 0.455 e. The molecule has 164 valence electrons. The van der Waals surface area contributed by atoms with E-state index in [1.165, 1.54) is 4.31 Å². The van der Waals surface area contributed by atoms with Gasteiger partial charge in [-0.15, -0.1) is 0 Å². The van der Waals surface area contributed by atoms with Crippen LogP contribution in [0, 0.1) is 12.8 Å². The predicted molar refractivity (Wildman–Crippen MR) is 113 cm³/mol. The highest BCUT2D eigenvalue weighted by atomic mass is 32.2. The second-order valence-corrected chi connectivity index (χ2v) is 9.28. The Morgan fingerprint density at radius 3 is 2.23 bits per heavy atom. The Labute approximate surface area is 181 Å². The van der Waals surface area contributed by atoms with E-state index in [2.05, 4.69) is 5.32 Å². The van der Waals surface area contributed by atoms with Crippen molar-refractivity contribution in [3.8, 4) is 0 Å². The predicted octanol–water partition coefficient (Wildman–Crippen LogP) is 1.90. The molecule has 0 saturated carbocycles. The molecule has 0 bridgehead atoms. The van der Waals surface area contributed by atoms with Gasteiger partial charge in [-0.05, 0) is 44.0 Å². The van der Waals surface area contributed by atoms with Crippen LogP contribution in [0.15, 0.2) is 59.5 Å². The molecule has 0 unspecified atom stereocenters. The molecule has 1 aliphatic rings. The fraction of sp³-hybridized carbons (Fsp3) is 0.318. The summed E-state index contributed by atoms with van der Waals surface area (Å²) in [7, 11) is -3.61. The number of carbonyl (C=O) groups excluding carboxylic acids is 3. The van der Waals surface area contributed by atoms with E-state index < -0.39 is 40.3 Å². The standard InChI is InChI=1S/C22H24N2O6S/c1-16-7-9-19(10-8-16)31(28,29)24-13-11-18(12-14-24)22(27)30-15-20(25)23-21(26)17-5-3-2-4-6-17/h2-10,18H,11-15H2,1H3,(H,23,25,26). The molecule has 9 heteroatoms. The summed E-state index contributed by atoms with van der Waals surface area (Å²) < 4.78 is 31.9. The number of carbonyl (C=O) groups is 3. The summed E-state index contributed by atoms with van der Waals surface area (Å²) in [5.74, 6) is -2.37. The highest BCUT2D eigenvalue weighted by molar-refractivity contribution is 7.89. The van der Waals surface area contributed by atoms with Gasteiger partial charge >= 0.3 is 5.97 Å². The fourth-order valence-corrected chi connectivity index (χ4v) is 4.74. The molecule has 2 aromatic rings. The molecule has 1 saturated heterocycles. The second kappa shape index (κ2) is 9.84. The van der Waals surface area contributed by atoms with Crippen molar-refractivity contribution in [1.29, 1.82) is 0 Å². The molecular formula is C22H24N2O6S. The van der Waals surface area contributed by atoms with Crippen molar-refractivity contribution in [3.05, 3.63) is 65.7 Å². The summed E-state index contributed by atoms with van der Waals surface area (Å²) in [5, 5.41) is 2.16. The van der Waals surface area contributed by atoms with Crippen molar-refractivity contribution in [2.45, 2.75) is 24.7 Å². The van der Waals surface area contributed by atoms with E-state index in [-0.39, 0.29) is 18.0 Å².